The van der Waals surface area contributed by atoms with E-state index in [0.29, 0.717) is 36.7 Å². The van der Waals surface area contributed by atoms with Crippen LogP contribution in [0, 0.1) is 17.8 Å². The zero-order valence-electron chi connectivity index (χ0n) is 30.4. The van der Waals surface area contributed by atoms with E-state index in [2.05, 4.69) is 61.3 Å². The maximum absolute atomic E-state index is 14.6. The lowest BCUT2D eigenvalue weighted by Crippen LogP contribution is -2.49. The summed E-state index contributed by atoms with van der Waals surface area (Å²) in [6, 6.07) is 8.14. The second-order valence-corrected chi connectivity index (χ2v) is 15.3. The van der Waals surface area contributed by atoms with Crippen molar-refractivity contribution in [1.82, 2.24) is 30.4 Å². The molecule has 10 heteroatoms. The van der Waals surface area contributed by atoms with E-state index in [9.17, 15) is 14.0 Å². The first-order chi connectivity index (χ1) is 25.4. The topological polar surface area (TPSA) is 103 Å². The minimum Gasteiger partial charge on any atom is -0.356 e. The van der Waals surface area contributed by atoms with Crippen molar-refractivity contribution in [2.45, 2.75) is 89.1 Å². The van der Waals surface area contributed by atoms with Gasteiger partial charge in [0.05, 0.1) is 6.20 Å². The number of nitrogens with one attached hydrogen (secondary N) is 2. The Kier molecular flexibility index (Phi) is 11.7. The number of aliphatic imine (C=N–C) groups is 1. The van der Waals surface area contributed by atoms with Crippen LogP contribution in [0.15, 0.2) is 89.5 Å². The number of piperidine rings is 2. The molecule has 52 heavy (non-hydrogen) atoms. The normalized spacial score (nSPS) is 26.4. The standard InChI is InChI=1S/C42H52FN7O2/c1-29-36(32-5-3-18-44-26-32)7-2-8-37(29)42(52)48-35-16-23-50(24-17-35)40-12-9-30(13-20-46-40)28-49-21-14-34(15-22-49)47-41(51)31-10-11-39(43)38(25-31)33-6-4-19-45-27-33/h3-6,9,12,18-20,26-27,29,31,34-37H,2,7-8,10-11,14-17,21-25,28H2,1H3,(H,47,51)(H,48,52). The van der Waals surface area contributed by atoms with Gasteiger partial charge in [0.2, 0.25) is 11.8 Å². The van der Waals surface area contributed by atoms with Gasteiger partial charge >= 0.3 is 0 Å². The van der Waals surface area contributed by atoms with Crippen LogP contribution in [-0.2, 0) is 9.59 Å². The molecule has 0 radical (unpaired) electrons. The summed E-state index contributed by atoms with van der Waals surface area (Å²) in [5.41, 5.74) is 7.10. The highest BCUT2D eigenvalue weighted by Gasteiger charge is 2.36. The summed E-state index contributed by atoms with van der Waals surface area (Å²) >= 11 is 0. The molecule has 5 aliphatic rings. The zero-order valence-corrected chi connectivity index (χ0v) is 30.4. The van der Waals surface area contributed by atoms with Gasteiger partial charge in [-0.15, -0.1) is 0 Å². The van der Waals surface area contributed by atoms with E-state index >= 15 is 0 Å². The van der Waals surface area contributed by atoms with E-state index in [1.807, 2.05) is 24.5 Å². The third kappa shape index (κ3) is 8.79. The zero-order chi connectivity index (χ0) is 35.9. The molecule has 4 unspecified atom stereocenters. The van der Waals surface area contributed by atoms with E-state index in [1.54, 1.807) is 24.7 Å². The number of nitrogens with zero attached hydrogens (tertiary/aromatic N) is 5. The van der Waals surface area contributed by atoms with E-state index in [0.717, 1.165) is 94.6 Å². The fraction of sp³-hybridized carbons (Fsp3) is 0.524. The van der Waals surface area contributed by atoms with Crippen molar-refractivity contribution in [1.29, 1.82) is 0 Å². The number of allylic oxidation sites excluding steroid dienone is 2. The summed E-state index contributed by atoms with van der Waals surface area (Å²) in [6.45, 7) is 6.51. The summed E-state index contributed by atoms with van der Waals surface area (Å²) in [5, 5.41) is 6.68. The minimum atomic E-state index is -0.213. The van der Waals surface area contributed by atoms with Gasteiger partial charge < -0.3 is 15.5 Å². The molecule has 2 aromatic rings. The Hall–Kier alpha value is -4.40. The van der Waals surface area contributed by atoms with Crippen molar-refractivity contribution in [2.75, 3.05) is 32.7 Å². The van der Waals surface area contributed by atoms with Crippen LogP contribution >= 0.6 is 0 Å². The second-order valence-electron chi connectivity index (χ2n) is 15.3. The Morgan fingerprint density at radius 2 is 1.62 bits per heavy atom. The number of hydrogen-bond acceptors (Lipinski definition) is 7. The summed E-state index contributed by atoms with van der Waals surface area (Å²) in [7, 11) is 0. The predicted octanol–water partition coefficient (Wildman–Crippen LogP) is 6.35. The maximum Gasteiger partial charge on any atom is 0.223 e. The molecule has 7 rings (SSSR count). The van der Waals surface area contributed by atoms with Crippen molar-refractivity contribution in [3.8, 4) is 0 Å². The molecule has 9 nitrogen and oxygen atoms in total. The molecule has 5 heterocycles. The predicted molar refractivity (Wildman–Crippen MR) is 202 cm³/mol. The number of halogens is 1. The van der Waals surface area contributed by atoms with E-state index in [4.69, 9.17) is 4.99 Å². The third-order valence-electron chi connectivity index (χ3n) is 12.0. The number of pyridine rings is 2. The Morgan fingerprint density at radius 1 is 0.885 bits per heavy atom. The molecule has 3 fully saturated rings. The van der Waals surface area contributed by atoms with Gasteiger partial charge in [-0.1, -0.05) is 31.2 Å². The molecular formula is C42H52FN7O2. The van der Waals surface area contributed by atoms with E-state index in [1.165, 1.54) is 5.56 Å². The van der Waals surface area contributed by atoms with Gasteiger partial charge in [-0.3, -0.25) is 24.5 Å². The fourth-order valence-corrected chi connectivity index (χ4v) is 8.84. The van der Waals surface area contributed by atoms with Crippen LogP contribution in [-0.4, -0.2) is 82.2 Å². The lowest BCUT2D eigenvalue weighted by molar-refractivity contribution is -0.129. The molecule has 0 aromatic carbocycles. The SMILES string of the molecule is CC1C(C(=O)NC2CCN(C3=NC=C=C(CN4CCC(NC(=O)C5CCC(F)=C(c6cccnc6)C5)CC4)C=C3)CC2)CCCC1c1cccnc1. The lowest BCUT2D eigenvalue weighted by atomic mass is 9.70. The quantitative estimate of drug-likeness (QED) is 0.311. The molecule has 2 N–H and O–H groups in total. The van der Waals surface area contributed by atoms with Crippen molar-refractivity contribution in [3.63, 3.8) is 0 Å². The molecule has 4 atom stereocenters. The van der Waals surface area contributed by atoms with Gasteiger partial charge in [-0.2, -0.15) is 0 Å². The summed E-state index contributed by atoms with van der Waals surface area (Å²) in [4.78, 5) is 44.5. The van der Waals surface area contributed by atoms with Crippen molar-refractivity contribution in [3.05, 3.63) is 95.7 Å². The molecule has 274 valence electrons. The smallest absolute Gasteiger partial charge is 0.223 e. The maximum atomic E-state index is 14.6. The molecule has 3 aliphatic heterocycles. The van der Waals surface area contributed by atoms with Crippen LogP contribution in [0.5, 0.6) is 0 Å². The van der Waals surface area contributed by atoms with Crippen LogP contribution in [0.25, 0.3) is 5.57 Å². The molecular weight excluding hydrogens is 654 g/mol. The number of carbonyl (C=O) groups is 2. The summed E-state index contributed by atoms with van der Waals surface area (Å²) in [5.74, 6) is 1.59. The van der Waals surface area contributed by atoms with Gasteiger partial charge in [0.25, 0.3) is 0 Å². The molecule has 2 aromatic heterocycles. The highest BCUT2D eigenvalue weighted by Crippen LogP contribution is 2.41. The van der Waals surface area contributed by atoms with Crippen LogP contribution in [0.1, 0.15) is 88.2 Å². The average molecular weight is 706 g/mol. The van der Waals surface area contributed by atoms with Crippen LogP contribution in [0.2, 0.25) is 0 Å². The molecule has 2 aliphatic carbocycles. The van der Waals surface area contributed by atoms with Gasteiger partial charge in [0.15, 0.2) is 0 Å². The van der Waals surface area contributed by atoms with Crippen molar-refractivity contribution in [2.24, 2.45) is 22.7 Å². The highest BCUT2D eigenvalue weighted by atomic mass is 19.1. The molecule has 2 amide bonds. The van der Waals surface area contributed by atoms with Gasteiger partial charge in [0.1, 0.15) is 11.7 Å². The Morgan fingerprint density at radius 3 is 2.35 bits per heavy atom. The Balaban J connectivity index is 0.820. The number of carbonyl (C=O) groups excluding carboxylic acids is 2. The highest BCUT2D eigenvalue weighted by molar-refractivity contribution is 5.94. The summed E-state index contributed by atoms with van der Waals surface area (Å²) < 4.78 is 14.6. The van der Waals surface area contributed by atoms with Gasteiger partial charge in [-0.25, -0.2) is 9.38 Å². The Bertz CT molecular complexity index is 1720. The van der Waals surface area contributed by atoms with E-state index < -0.39 is 0 Å². The molecule has 0 bridgehead atoms. The number of amidine groups is 1. The first kappa shape index (κ1) is 36.0. The lowest BCUT2D eigenvalue weighted by Gasteiger charge is -2.38. The number of likely N-dealkylation sites (tertiary alicyclic amines) is 2. The fourth-order valence-electron chi connectivity index (χ4n) is 8.84. The molecule has 1 saturated carbocycles. The van der Waals surface area contributed by atoms with Gasteiger partial charge in [0, 0.05) is 93.4 Å². The monoisotopic (exact) mass is 705 g/mol. The number of amides is 2. The summed E-state index contributed by atoms with van der Waals surface area (Å²) in [6.07, 6.45) is 21.1. The molecule has 2 saturated heterocycles. The average Bonchev–Trinajstić information content (AvgIpc) is 3.42. The first-order valence-corrected chi connectivity index (χ1v) is 19.4. The largest absolute Gasteiger partial charge is 0.356 e. The van der Waals surface area contributed by atoms with Crippen LogP contribution < -0.4 is 10.6 Å². The van der Waals surface area contributed by atoms with Crippen LogP contribution in [0.4, 0.5) is 4.39 Å². The van der Waals surface area contributed by atoms with Gasteiger partial charge in [-0.05, 0) is 104 Å². The van der Waals surface area contributed by atoms with Crippen LogP contribution in [0.3, 0.4) is 0 Å². The number of rotatable bonds is 8. The second kappa shape index (κ2) is 17.0. The Labute approximate surface area is 307 Å². The van der Waals surface area contributed by atoms with Crippen molar-refractivity contribution >= 4 is 23.2 Å². The first-order valence-electron chi connectivity index (χ1n) is 19.4. The minimum absolute atomic E-state index is 0.0366. The number of aromatic nitrogens is 2. The number of hydrogen-bond donors (Lipinski definition) is 2. The third-order valence-corrected chi connectivity index (χ3v) is 12.0. The van der Waals surface area contributed by atoms with Crippen molar-refractivity contribution < 1.29 is 14.0 Å². The molecule has 0 spiro atoms. The van der Waals surface area contributed by atoms with E-state index in [-0.39, 0.29) is 41.6 Å².